The summed E-state index contributed by atoms with van der Waals surface area (Å²) in [6.07, 6.45) is 6.71. The highest BCUT2D eigenvalue weighted by Crippen LogP contribution is 2.37. The number of anilines is 1. The molecule has 0 amide bonds. The van der Waals surface area contributed by atoms with E-state index in [1.165, 1.54) is 12.6 Å². The molecule has 0 saturated heterocycles. The lowest BCUT2D eigenvalue weighted by molar-refractivity contribution is 0.0670. The fourth-order valence-corrected chi connectivity index (χ4v) is 2.73. The minimum Gasteiger partial charge on any atom is -0.478 e. The Morgan fingerprint density at radius 2 is 2.11 bits per heavy atom. The number of rotatable bonds is 5. The maximum atomic E-state index is 11.2. The molecule has 0 unspecified atom stereocenters. The summed E-state index contributed by atoms with van der Waals surface area (Å²) in [6.45, 7) is 0.825. The van der Waals surface area contributed by atoms with Crippen molar-refractivity contribution in [2.75, 3.05) is 32.6 Å². The van der Waals surface area contributed by atoms with E-state index in [0.29, 0.717) is 11.3 Å². The zero-order valence-electron chi connectivity index (χ0n) is 11.8. The molecule has 104 valence electrons. The molecule has 2 rings (SSSR count). The van der Waals surface area contributed by atoms with E-state index in [4.69, 9.17) is 0 Å². The van der Waals surface area contributed by atoms with E-state index in [-0.39, 0.29) is 5.54 Å². The number of carboxylic acid groups (broad SMARTS) is 1. The molecule has 1 aromatic rings. The fourth-order valence-electron chi connectivity index (χ4n) is 2.73. The third kappa shape index (κ3) is 2.56. The SMILES string of the molecule is CN(CC1(N(C)C)CCC1)c1cnccc1C(=O)O. The number of likely N-dealkylation sites (N-methyl/N-ethyl adjacent to an activating group) is 2. The zero-order chi connectivity index (χ0) is 14.0. The van der Waals surface area contributed by atoms with Crippen LogP contribution in [0.3, 0.4) is 0 Å². The van der Waals surface area contributed by atoms with Gasteiger partial charge in [-0.2, -0.15) is 0 Å². The third-order valence-electron chi connectivity index (χ3n) is 4.21. The van der Waals surface area contributed by atoms with Gasteiger partial charge in [-0.25, -0.2) is 4.79 Å². The molecule has 0 aliphatic heterocycles. The van der Waals surface area contributed by atoms with Crippen molar-refractivity contribution in [1.82, 2.24) is 9.88 Å². The maximum Gasteiger partial charge on any atom is 0.337 e. The summed E-state index contributed by atoms with van der Waals surface area (Å²) in [7, 11) is 6.12. The van der Waals surface area contributed by atoms with E-state index >= 15 is 0 Å². The van der Waals surface area contributed by atoms with Gasteiger partial charge in [-0.05, 0) is 39.4 Å². The first-order valence-corrected chi connectivity index (χ1v) is 6.52. The highest BCUT2D eigenvalue weighted by molar-refractivity contribution is 5.94. The lowest BCUT2D eigenvalue weighted by Gasteiger charge is -2.49. The van der Waals surface area contributed by atoms with Gasteiger partial charge in [0.2, 0.25) is 0 Å². The number of pyridine rings is 1. The van der Waals surface area contributed by atoms with E-state index in [2.05, 4.69) is 24.0 Å². The largest absolute Gasteiger partial charge is 0.478 e. The Hall–Kier alpha value is -1.62. The van der Waals surface area contributed by atoms with Gasteiger partial charge in [-0.3, -0.25) is 4.98 Å². The first kappa shape index (κ1) is 13.8. The molecular weight excluding hydrogens is 242 g/mol. The van der Waals surface area contributed by atoms with Crippen LogP contribution in [0, 0.1) is 0 Å². The Bertz CT molecular complexity index is 470. The Labute approximate surface area is 113 Å². The topological polar surface area (TPSA) is 56.7 Å². The van der Waals surface area contributed by atoms with Crippen molar-refractivity contribution in [2.24, 2.45) is 0 Å². The molecule has 0 atom stereocenters. The van der Waals surface area contributed by atoms with Crippen LogP contribution in [0.5, 0.6) is 0 Å². The van der Waals surface area contributed by atoms with Gasteiger partial charge in [0.05, 0.1) is 17.4 Å². The Morgan fingerprint density at radius 1 is 1.42 bits per heavy atom. The molecule has 5 heteroatoms. The number of aromatic nitrogens is 1. The number of hydrogen-bond donors (Lipinski definition) is 1. The van der Waals surface area contributed by atoms with Crippen LogP contribution in [0.1, 0.15) is 29.6 Å². The molecule has 1 aromatic heterocycles. The second-order valence-electron chi connectivity index (χ2n) is 5.53. The molecule has 19 heavy (non-hydrogen) atoms. The van der Waals surface area contributed by atoms with Crippen LogP contribution >= 0.6 is 0 Å². The quantitative estimate of drug-likeness (QED) is 0.876. The van der Waals surface area contributed by atoms with Crippen LogP contribution in [-0.2, 0) is 0 Å². The van der Waals surface area contributed by atoms with Gasteiger partial charge in [-0.15, -0.1) is 0 Å². The van der Waals surface area contributed by atoms with Crippen molar-refractivity contribution in [3.05, 3.63) is 24.0 Å². The average molecular weight is 263 g/mol. The molecule has 1 fully saturated rings. The molecule has 0 radical (unpaired) electrons. The Kier molecular flexibility index (Phi) is 3.75. The van der Waals surface area contributed by atoms with Crippen LogP contribution in [0.15, 0.2) is 18.5 Å². The monoisotopic (exact) mass is 263 g/mol. The molecule has 1 heterocycles. The standard InChI is InChI=1S/C14H21N3O2/c1-16(2)14(6-4-7-14)10-17(3)12-9-15-8-5-11(12)13(18)19/h5,8-9H,4,6-7,10H2,1-3H3,(H,18,19). The lowest BCUT2D eigenvalue weighted by atomic mass is 9.75. The van der Waals surface area contributed by atoms with Crippen molar-refractivity contribution in [3.8, 4) is 0 Å². The fraction of sp³-hybridized carbons (Fsp3) is 0.571. The molecule has 0 bridgehead atoms. The number of aromatic carboxylic acids is 1. The minimum absolute atomic E-state index is 0.167. The highest BCUT2D eigenvalue weighted by atomic mass is 16.4. The number of nitrogens with zero attached hydrogens (tertiary/aromatic N) is 3. The van der Waals surface area contributed by atoms with Crippen molar-refractivity contribution in [2.45, 2.75) is 24.8 Å². The Balaban J connectivity index is 2.20. The zero-order valence-corrected chi connectivity index (χ0v) is 11.8. The molecule has 0 aromatic carbocycles. The van der Waals surface area contributed by atoms with E-state index in [9.17, 15) is 9.90 Å². The van der Waals surface area contributed by atoms with Gasteiger partial charge in [0.25, 0.3) is 0 Å². The van der Waals surface area contributed by atoms with Gasteiger partial charge < -0.3 is 14.9 Å². The smallest absolute Gasteiger partial charge is 0.337 e. The van der Waals surface area contributed by atoms with Crippen LogP contribution in [0.4, 0.5) is 5.69 Å². The highest BCUT2D eigenvalue weighted by Gasteiger charge is 2.40. The van der Waals surface area contributed by atoms with Gasteiger partial charge in [0.1, 0.15) is 0 Å². The summed E-state index contributed by atoms with van der Waals surface area (Å²) < 4.78 is 0. The van der Waals surface area contributed by atoms with Gasteiger partial charge in [0.15, 0.2) is 0 Å². The molecule has 1 saturated carbocycles. The van der Waals surface area contributed by atoms with Crippen molar-refractivity contribution < 1.29 is 9.90 Å². The molecule has 1 aliphatic carbocycles. The van der Waals surface area contributed by atoms with Crippen LogP contribution in [0.25, 0.3) is 0 Å². The summed E-state index contributed by atoms with van der Waals surface area (Å²) in [5, 5.41) is 9.23. The van der Waals surface area contributed by atoms with Crippen LogP contribution in [0.2, 0.25) is 0 Å². The first-order valence-electron chi connectivity index (χ1n) is 6.52. The molecule has 1 aliphatic rings. The van der Waals surface area contributed by atoms with Gasteiger partial charge in [0, 0.05) is 25.3 Å². The van der Waals surface area contributed by atoms with Crippen molar-refractivity contribution in [1.29, 1.82) is 0 Å². The average Bonchev–Trinajstić information content (AvgIpc) is 2.33. The summed E-state index contributed by atoms with van der Waals surface area (Å²) >= 11 is 0. The summed E-state index contributed by atoms with van der Waals surface area (Å²) in [5.74, 6) is -0.906. The van der Waals surface area contributed by atoms with E-state index in [1.807, 2.05) is 11.9 Å². The minimum atomic E-state index is -0.906. The summed E-state index contributed by atoms with van der Waals surface area (Å²) in [4.78, 5) is 19.6. The Morgan fingerprint density at radius 3 is 2.58 bits per heavy atom. The number of hydrogen-bond acceptors (Lipinski definition) is 4. The van der Waals surface area contributed by atoms with Crippen LogP contribution in [-0.4, -0.2) is 54.2 Å². The summed E-state index contributed by atoms with van der Waals surface area (Å²) in [5.41, 5.74) is 1.16. The summed E-state index contributed by atoms with van der Waals surface area (Å²) in [6, 6.07) is 1.55. The molecular formula is C14H21N3O2. The molecule has 1 N–H and O–H groups in total. The second kappa shape index (κ2) is 5.17. The predicted molar refractivity (Wildman–Crippen MR) is 74.7 cm³/mol. The van der Waals surface area contributed by atoms with E-state index in [1.54, 1.807) is 12.3 Å². The normalized spacial score (nSPS) is 17.1. The first-order chi connectivity index (χ1) is 8.96. The van der Waals surface area contributed by atoms with Crippen molar-refractivity contribution >= 4 is 11.7 Å². The predicted octanol–water partition coefficient (Wildman–Crippen LogP) is 1.70. The third-order valence-corrected chi connectivity index (χ3v) is 4.21. The number of carbonyl (C=O) groups is 1. The second-order valence-corrected chi connectivity index (χ2v) is 5.53. The van der Waals surface area contributed by atoms with Crippen LogP contribution < -0.4 is 4.90 Å². The molecule has 5 nitrogen and oxygen atoms in total. The molecule has 0 spiro atoms. The van der Waals surface area contributed by atoms with Gasteiger partial charge >= 0.3 is 5.97 Å². The van der Waals surface area contributed by atoms with E-state index in [0.717, 1.165) is 19.4 Å². The lowest BCUT2D eigenvalue weighted by Crippen LogP contribution is -2.56. The maximum absolute atomic E-state index is 11.2. The van der Waals surface area contributed by atoms with E-state index < -0.39 is 5.97 Å². The number of carboxylic acids is 1. The van der Waals surface area contributed by atoms with Gasteiger partial charge in [-0.1, -0.05) is 0 Å². The van der Waals surface area contributed by atoms with Crippen molar-refractivity contribution in [3.63, 3.8) is 0 Å².